The minimum atomic E-state index is -0.323. The fourth-order valence-corrected chi connectivity index (χ4v) is 4.58. The Morgan fingerprint density at radius 2 is 1.66 bits per heavy atom. The van der Waals surface area contributed by atoms with Crippen LogP contribution in [-0.2, 0) is 0 Å². The molecule has 8 nitrogen and oxygen atoms in total. The van der Waals surface area contributed by atoms with Crippen molar-refractivity contribution in [2.24, 2.45) is 0 Å². The van der Waals surface area contributed by atoms with Crippen LogP contribution >= 0.6 is 23.2 Å². The van der Waals surface area contributed by atoms with Crippen LogP contribution < -0.4 is 10.9 Å². The van der Waals surface area contributed by atoms with Crippen molar-refractivity contribution >= 4 is 51.6 Å². The van der Waals surface area contributed by atoms with Crippen molar-refractivity contribution in [3.8, 4) is 5.69 Å². The van der Waals surface area contributed by atoms with Crippen molar-refractivity contribution in [2.75, 3.05) is 38.5 Å². The Morgan fingerprint density at radius 3 is 2.34 bits per heavy atom. The Labute approximate surface area is 211 Å². The van der Waals surface area contributed by atoms with E-state index in [0.717, 1.165) is 31.9 Å². The van der Waals surface area contributed by atoms with Crippen LogP contribution in [0.5, 0.6) is 0 Å². The molecule has 4 aromatic rings. The molecule has 2 aromatic carbocycles. The summed E-state index contributed by atoms with van der Waals surface area (Å²) in [6.07, 6.45) is 3.06. The molecule has 5 rings (SSSR count). The first kappa shape index (κ1) is 23.3. The molecule has 0 spiro atoms. The third kappa shape index (κ3) is 4.73. The van der Waals surface area contributed by atoms with Crippen molar-refractivity contribution in [1.29, 1.82) is 0 Å². The Morgan fingerprint density at radius 1 is 0.971 bits per heavy atom. The summed E-state index contributed by atoms with van der Waals surface area (Å²) in [7, 11) is 2.06. The minimum absolute atomic E-state index is 0.0292. The highest BCUT2D eigenvalue weighted by Crippen LogP contribution is 2.27. The number of aromatic nitrogens is 3. The molecule has 0 atom stereocenters. The Hall–Kier alpha value is -3.46. The molecule has 35 heavy (non-hydrogen) atoms. The zero-order valence-corrected chi connectivity index (χ0v) is 20.4. The van der Waals surface area contributed by atoms with Crippen molar-refractivity contribution in [2.45, 2.75) is 0 Å². The smallest absolute Gasteiger partial charge is 0.266 e. The van der Waals surface area contributed by atoms with Crippen LogP contribution in [0.2, 0.25) is 10.0 Å². The molecular formula is C25H22Cl2N6O2. The highest BCUT2D eigenvalue weighted by atomic mass is 35.5. The van der Waals surface area contributed by atoms with Gasteiger partial charge in [0.1, 0.15) is 0 Å². The number of benzene rings is 2. The summed E-state index contributed by atoms with van der Waals surface area (Å²) >= 11 is 12.5. The van der Waals surface area contributed by atoms with E-state index in [1.54, 1.807) is 42.6 Å². The molecule has 0 aliphatic carbocycles. The lowest BCUT2D eigenvalue weighted by atomic mass is 10.1. The maximum absolute atomic E-state index is 13.1. The average molecular weight is 509 g/mol. The van der Waals surface area contributed by atoms with Crippen LogP contribution in [0.1, 0.15) is 10.4 Å². The normalized spacial score (nSPS) is 14.3. The van der Waals surface area contributed by atoms with Crippen LogP contribution in [0.3, 0.4) is 0 Å². The Bertz CT molecular complexity index is 1440. The second-order valence-corrected chi connectivity index (χ2v) is 9.17. The number of likely N-dealkylation sites (N-methyl/N-ethyl adjacent to an activating group) is 1. The quantitative estimate of drug-likeness (QED) is 0.444. The van der Waals surface area contributed by atoms with Gasteiger partial charge in [0, 0.05) is 49.8 Å². The van der Waals surface area contributed by atoms with Gasteiger partial charge >= 0.3 is 0 Å². The zero-order valence-electron chi connectivity index (χ0n) is 18.9. The van der Waals surface area contributed by atoms with Gasteiger partial charge in [-0.15, -0.1) is 0 Å². The van der Waals surface area contributed by atoms with E-state index in [-0.39, 0.29) is 11.5 Å². The molecule has 1 aliphatic heterocycles. The van der Waals surface area contributed by atoms with Gasteiger partial charge in [0.05, 0.1) is 26.6 Å². The predicted octanol–water partition coefficient (Wildman–Crippen LogP) is 4.22. The number of amides is 1. The third-order valence-corrected chi connectivity index (χ3v) is 6.62. The average Bonchev–Trinajstić information content (AvgIpc) is 2.86. The number of para-hydroxylation sites is 1. The molecule has 0 unspecified atom stereocenters. The molecule has 1 fully saturated rings. The number of piperazine rings is 1. The van der Waals surface area contributed by atoms with Gasteiger partial charge in [0.15, 0.2) is 0 Å². The first-order chi connectivity index (χ1) is 16.9. The lowest BCUT2D eigenvalue weighted by Gasteiger charge is -2.32. The van der Waals surface area contributed by atoms with Gasteiger partial charge in [-0.25, -0.2) is 9.97 Å². The number of anilines is 2. The van der Waals surface area contributed by atoms with E-state index in [2.05, 4.69) is 27.2 Å². The van der Waals surface area contributed by atoms with Gasteiger partial charge in [-0.2, -0.15) is 0 Å². The maximum atomic E-state index is 13.1. The largest absolute Gasteiger partial charge is 0.336 e. The Kier molecular flexibility index (Phi) is 6.42. The number of rotatable bonds is 4. The number of nitrogens with zero attached hydrogens (tertiary/aromatic N) is 5. The minimum Gasteiger partial charge on any atom is -0.336 e. The number of carbonyl (C=O) groups excluding carboxylic acids is 1. The van der Waals surface area contributed by atoms with Gasteiger partial charge in [-0.3, -0.25) is 14.2 Å². The fraction of sp³-hybridized carbons (Fsp3) is 0.200. The lowest BCUT2D eigenvalue weighted by Crippen LogP contribution is -2.47. The van der Waals surface area contributed by atoms with Crippen LogP contribution in [0.4, 0.5) is 11.6 Å². The highest BCUT2D eigenvalue weighted by molar-refractivity contribution is 6.37. The topological polar surface area (TPSA) is 83.4 Å². The summed E-state index contributed by atoms with van der Waals surface area (Å²) in [4.78, 5) is 38.6. The molecule has 0 radical (unpaired) electrons. The van der Waals surface area contributed by atoms with Crippen LogP contribution in [0.25, 0.3) is 16.6 Å². The van der Waals surface area contributed by atoms with Gasteiger partial charge in [0.25, 0.3) is 11.5 Å². The number of fused-ring (bicyclic) bond motifs is 1. The van der Waals surface area contributed by atoms with Crippen LogP contribution in [-0.4, -0.2) is 63.5 Å². The van der Waals surface area contributed by atoms with Crippen LogP contribution in [0, 0.1) is 0 Å². The molecule has 10 heteroatoms. The summed E-state index contributed by atoms with van der Waals surface area (Å²) < 4.78 is 1.39. The van der Waals surface area contributed by atoms with Gasteiger partial charge < -0.3 is 15.1 Å². The summed E-state index contributed by atoms with van der Waals surface area (Å²) in [6, 6.07) is 14.0. The van der Waals surface area contributed by atoms with Crippen molar-refractivity contribution in [3.63, 3.8) is 0 Å². The highest BCUT2D eigenvalue weighted by Gasteiger charge is 2.20. The van der Waals surface area contributed by atoms with Crippen LogP contribution in [0.15, 0.2) is 65.7 Å². The fourth-order valence-electron chi connectivity index (χ4n) is 4.00. The van der Waals surface area contributed by atoms with E-state index in [0.29, 0.717) is 38.1 Å². The second kappa shape index (κ2) is 9.65. The Balaban J connectivity index is 1.35. The van der Waals surface area contributed by atoms with E-state index >= 15 is 0 Å². The molecule has 1 amide bonds. The van der Waals surface area contributed by atoms with E-state index in [1.165, 1.54) is 10.8 Å². The third-order valence-electron chi connectivity index (χ3n) is 6.01. The monoisotopic (exact) mass is 508 g/mol. The standard InChI is InChI=1S/C25H22Cl2N6O2/c1-31-11-13-32(14-12-31)23(34)16-5-7-17(8-6-16)29-25-28-15-18-21(30-25)9-10-33(24(18)35)22-19(26)3-2-4-20(22)27/h2-10,15H,11-14H2,1H3,(H,28,29,30). The molecule has 0 saturated carbocycles. The van der Waals surface area contributed by atoms with Crippen molar-refractivity contribution < 1.29 is 4.79 Å². The molecule has 1 N–H and O–H groups in total. The molecule has 1 saturated heterocycles. The number of nitrogens with one attached hydrogen (secondary N) is 1. The first-order valence-electron chi connectivity index (χ1n) is 11.1. The molecular weight excluding hydrogens is 487 g/mol. The summed E-state index contributed by atoms with van der Waals surface area (Å²) in [6.45, 7) is 3.21. The van der Waals surface area contributed by atoms with E-state index in [1.807, 2.05) is 17.0 Å². The molecule has 178 valence electrons. The van der Waals surface area contributed by atoms with E-state index < -0.39 is 0 Å². The van der Waals surface area contributed by atoms with E-state index in [4.69, 9.17) is 23.2 Å². The number of halogens is 2. The molecule has 1 aliphatic rings. The predicted molar refractivity (Wildman–Crippen MR) is 138 cm³/mol. The number of pyridine rings is 1. The molecule has 0 bridgehead atoms. The van der Waals surface area contributed by atoms with E-state index in [9.17, 15) is 9.59 Å². The number of carbonyl (C=O) groups is 1. The van der Waals surface area contributed by atoms with Gasteiger partial charge in [-0.1, -0.05) is 29.3 Å². The SMILES string of the molecule is CN1CCN(C(=O)c2ccc(Nc3ncc4c(=O)n(-c5c(Cl)cccc5Cl)ccc4n3)cc2)CC1. The second-order valence-electron chi connectivity index (χ2n) is 8.35. The van der Waals surface area contributed by atoms with Crippen molar-refractivity contribution in [1.82, 2.24) is 24.3 Å². The van der Waals surface area contributed by atoms with Gasteiger partial charge in [-0.05, 0) is 49.5 Å². The molecule has 2 aromatic heterocycles. The number of hydrogen-bond acceptors (Lipinski definition) is 6. The summed E-state index contributed by atoms with van der Waals surface area (Å²) in [5.74, 6) is 0.366. The first-order valence-corrected chi connectivity index (χ1v) is 11.8. The summed E-state index contributed by atoms with van der Waals surface area (Å²) in [5.41, 5.74) is 1.94. The zero-order chi connectivity index (χ0) is 24.5. The van der Waals surface area contributed by atoms with Crippen molar-refractivity contribution in [3.05, 3.63) is 86.9 Å². The summed E-state index contributed by atoms with van der Waals surface area (Å²) in [5, 5.41) is 4.20. The molecule has 3 heterocycles. The maximum Gasteiger partial charge on any atom is 0.266 e. The lowest BCUT2D eigenvalue weighted by molar-refractivity contribution is 0.0664. The van der Waals surface area contributed by atoms with Gasteiger partial charge in [0.2, 0.25) is 5.95 Å². The number of hydrogen-bond donors (Lipinski definition) is 1.